The fourth-order valence-corrected chi connectivity index (χ4v) is 1.66. The van der Waals surface area contributed by atoms with Gasteiger partial charge in [-0.05, 0) is 19.1 Å². The molecule has 1 aliphatic rings. The van der Waals surface area contributed by atoms with Gasteiger partial charge in [0.2, 0.25) is 0 Å². The van der Waals surface area contributed by atoms with E-state index in [1.807, 2.05) is 25.3 Å². The van der Waals surface area contributed by atoms with E-state index < -0.39 is 0 Å². The molecule has 0 unspecified atom stereocenters. The number of rotatable bonds is 1. The summed E-state index contributed by atoms with van der Waals surface area (Å²) in [7, 11) is 0. The van der Waals surface area contributed by atoms with Gasteiger partial charge in [0.25, 0.3) is 0 Å². The van der Waals surface area contributed by atoms with Gasteiger partial charge in [0.05, 0.1) is 6.54 Å². The van der Waals surface area contributed by atoms with Crippen molar-refractivity contribution in [1.82, 2.24) is 15.2 Å². The van der Waals surface area contributed by atoms with E-state index in [4.69, 9.17) is 0 Å². The molecule has 1 aromatic rings. The number of hydrogen-bond donors (Lipinski definition) is 1. The highest BCUT2D eigenvalue weighted by Gasteiger charge is 2.06. The molecule has 0 spiro atoms. The van der Waals surface area contributed by atoms with E-state index in [-0.39, 0.29) is 0 Å². The van der Waals surface area contributed by atoms with Gasteiger partial charge in [0.15, 0.2) is 0 Å². The first-order valence-electron chi connectivity index (χ1n) is 5.69. The largest absolute Gasteiger partial charge is 0.314 e. The molecule has 3 heteroatoms. The molecule has 0 radical (unpaired) electrons. The van der Waals surface area contributed by atoms with Crippen molar-refractivity contribution < 1.29 is 0 Å². The Morgan fingerprint density at radius 3 is 2.88 bits per heavy atom. The predicted molar refractivity (Wildman–Crippen MR) is 65.2 cm³/mol. The summed E-state index contributed by atoms with van der Waals surface area (Å²) in [6.45, 7) is 7.19. The van der Waals surface area contributed by atoms with E-state index in [1.165, 1.54) is 0 Å². The first kappa shape index (κ1) is 11.1. The maximum Gasteiger partial charge on any atom is 0.0606 e. The van der Waals surface area contributed by atoms with Gasteiger partial charge in [0.1, 0.15) is 0 Å². The molecule has 1 fully saturated rings. The van der Waals surface area contributed by atoms with Crippen LogP contribution in [0.2, 0.25) is 0 Å². The van der Waals surface area contributed by atoms with Crippen LogP contribution in [0.15, 0.2) is 18.3 Å². The Morgan fingerprint density at radius 1 is 1.38 bits per heavy atom. The number of nitrogens with zero attached hydrogens (tertiary/aromatic N) is 2. The van der Waals surface area contributed by atoms with Crippen LogP contribution < -0.4 is 5.32 Å². The molecule has 2 heterocycles. The van der Waals surface area contributed by atoms with Gasteiger partial charge in [-0.3, -0.25) is 9.88 Å². The molecule has 0 saturated carbocycles. The van der Waals surface area contributed by atoms with Crippen LogP contribution in [0.1, 0.15) is 11.3 Å². The number of aryl methyl sites for hydroxylation is 1. The second-order valence-corrected chi connectivity index (χ2v) is 4.02. The van der Waals surface area contributed by atoms with Crippen LogP contribution in [0.3, 0.4) is 0 Å². The number of pyridine rings is 1. The first-order valence-corrected chi connectivity index (χ1v) is 5.69. The number of piperazine rings is 1. The lowest BCUT2D eigenvalue weighted by molar-refractivity contribution is 0.268. The molecular weight excluding hydrogens is 198 g/mol. The minimum Gasteiger partial charge on any atom is -0.314 e. The molecule has 1 saturated heterocycles. The standard InChI is InChI=1S/C13H17N3/c1-12-4-5-13(11-15-12)3-2-8-16-9-6-14-7-10-16/h4-5,11,14H,6-10H2,1H3. The Balaban J connectivity index is 1.87. The molecule has 1 aromatic heterocycles. The van der Waals surface area contributed by atoms with Crippen molar-refractivity contribution in [3.63, 3.8) is 0 Å². The van der Waals surface area contributed by atoms with E-state index in [9.17, 15) is 0 Å². The average molecular weight is 215 g/mol. The van der Waals surface area contributed by atoms with Gasteiger partial charge >= 0.3 is 0 Å². The van der Waals surface area contributed by atoms with Crippen LogP contribution >= 0.6 is 0 Å². The van der Waals surface area contributed by atoms with E-state index in [0.29, 0.717) is 0 Å². The summed E-state index contributed by atoms with van der Waals surface area (Å²) in [6, 6.07) is 4.02. The normalized spacial score (nSPS) is 16.6. The van der Waals surface area contributed by atoms with E-state index in [1.54, 1.807) is 0 Å². The second kappa shape index (κ2) is 5.64. The molecule has 3 nitrogen and oxygen atoms in total. The number of hydrogen-bond acceptors (Lipinski definition) is 3. The lowest BCUT2D eigenvalue weighted by atomic mass is 10.2. The zero-order valence-corrected chi connectivity index (χ0v) is 9.66. The highest BCUT2D eigenvalue weighted by molar-refractivity contribution is 5.32. The SMILES string of the molecule is Cc1ccc(C#CCN2CCNCC2)cn1. The van der Waals surface area contributed by atoms with Crippen molar-refractivity contribution in [1.29, 1.82) is 0 Å². The quantitative estimate of drug-likeness (QED) is 0.697. The molecule has 2 rings (SSSR count). The van der Waals surface area contributed by atoms with Crippen LogP contribution in [-0.2, 0) is 0 Å². The molecule has 0 aliphatic carbocycles. The maximum absolute atomic E-state index is 4.22. The molecule has 0 aromatic carbocycles. The van der Waals surface area contributed by atoms with Gasteiger partial charge < -0.3 is 5.32 Å². The van der Waals surface area contributed by atoms with Crippen molar-refractivity contribution in [3.05, 3.63) is 29.6 Å². The molecule has 1 N–H and O–H groups in total. The molecule has 0 bridgehead atoms. The number of nitrogens with one attached hydrogen (secondary N) is 1. The first-order chi connectivity index (χ1) is 7.84. The predicted octanol–water partition coefficient (Wildman–Crippen LogP) is 0.647. The van der Waals surface area contributed by atoms with Crippen LogP contribution in [0, 0.1) is 18.8 Å². The maximum atomic E-state index is 4.22. The third kappa shape index (κ3) is 3.34. The molecule has 1 aliphatic heterocycles. The fraction of sp³-hybridized carbons (Fsp3) is 0.462. The average Bonchev–Trinajstić information content (AvgIpc) is 2.33. The lowest BCUT2D eigenvalue weighted by Gasteiger charge is -2.24. The molecule has 0 amide bonds. The molecule has 0 atom stereocenters. The molecule has 84 valence electrons. The van der Waals surface area contributed by atoms with Crippen LogP contribution in [0.5, 0.6) is 0 Å². The van der Waals surface area contributed by atoms with E-state index >= 15 is 0 Å². The Bertz CT molecular complexity index is 380. The van der Waals surface area contributed by atoms with Gasteiger partial charge in [-0.2, -0.15) is 0 Å². The third-order valence-electron chi connectivity index (χ3n) is 2.66. The molecule has 16 heavy (non-hydrogen) atoms. The monoisotopic (exact) mass is 215 g/mol. The van der Waals surface area contributed by atoms with Crippen molar-refractivity contribution in [2.45, 2.75) is 6.92 Å². The zero-order valence-electron chi connectivity index (χ0n) is 9.66. The fourth-order valence-electron chi connectivity index (χ4n) is 1.66. The highest BCUT2D eigenvalue weighted by Crippen LogP contribution is 1.97. The summed E-state index contributed by atoms with van der Waals surface area (Å²) in [4.78, 5) is 6.58. The van der Waals surface area contributed by atoms with Crippen LogP contribution in [0.25, 0.3) is 0 Å². The van der Waals surface area contributed by atoms with Gasteiger partial charge in [-0.15, -0.1) is 0 Å². The summed E-state index contributed by atoms with van der Waals surface area (Å²) in [6.07, 6.45) is 1.83. The van der Waals surface area contributed by atoms with Crippen molar-refractivity contribution >= 4 is 0 Å². The van der Waals surface area contributed by atoms with Crippen molar-refractivity contribution in [2.24, 2.45) is 0 Å². The zero-order chi connectivity index (χ0) is 11.2. The minimum atomic E-state index is 0.857. The minimum absolute atomic E-state index is 0.857. The summed E-state index contributed by atoms with van der Waals surface area (Å²) in [5.41, 5.74) is 2.04. The highest BCUT2D eigenvalue weighted by atomic mass is 15.2. The van der Waals surface area contributed by atoms with Gasteiger partial charge in [-0.1, -0.05) is 11.8 Å². The van der Waals surface area contributed by atoms with Gasteiger partial charge in [0, 0.05) is 43.6 Å². The smallest absolute Gasteiger partial charge is 0.0606 e. The van der Waals surface area contributed by atoms with Crippen LogP contribution in [0.4, 0.5) is 0 Å². The summed E-state index contributed by atoms with van der Waals surface area (Å²) in [5.74, 6) is 6.34. The Labute approximate surface area is 96.9 Å². The van der Waals surface area contributed by atoms with Crippen LogP contribution in [-0.4, -0.2) is 42.6 Å². The lowest BCUT2D eigenvalue weighted by Crippen LogP contribution is -2.43. The Hall–Kier alpha value is -1.37. The Morgan fingerprint density at radius 2 is 2.19 bits per heavy atom. The topological polar surface area (TPSA) is 28.2 Å². The summed E-state index contributed by atoms with van der Waals surface area (Å²) in [5, 5.41) is 3.33. The second-order valence-electron chi connectivity index (χ2n) is 4.02. The van der Waals surface area contributed by atoms with Gasteiger partial charge in [-0.25, -0.2) is 0 Å². The molecular formula is C13H17N3. The Kier molecular flexibility index (Phi) is 3.92. The number of aromatic nitrogens is 1. The van der Waals surface area contributed by atoms with E-state index in [0.717, 1.165) is 44.0 Å². The summed E-state index contributed by atoms with van der Waals surface area (Å²) >= 11 is 0. The summed E-state index contributed by atoms with van der Waals surface area (Å²) < 4.78 is 0. The van der Waals surface area contributed by atoms with Crippen molar-refractivity contribution in [2.75, 3.05) is 32.7 Å². The third-order valence-corrected chi connectivity index (χ3v) is 2.66. The van der Waals surface area contributed by atoms with E-state index in [2.05, 4.69) is 27.0 Å². The van der Waals surface area contributed by atoms with Crippen molar-refractivity contribution in [3.8, 4) is 11.8 Å².